The van der Waals surface area contributed by atoms with Gasteiger partial charge >= 0.3 is 5.69 Å². The summed E-state index contributed by atoms with van der Waals surface area (Å²) >= 11 is 0. The molecule has 1 unspecified atom stereocenters. The van der Waals surface area contributed by atoms with Crippen molar-refractivity contribution < 1.29 is 22.5 Å². The summed E-state index contributed by atoms with van der Waals surface area (Å²) in [6.45, 7) is 5.14. The van der Waals surface area contributed by atoms with Gasteiger partial charge in [-0.2, -0.15) is 0 Å². The van der Waals surface area contributed by atoms with E-state index in [4.69, 9.17) is 9.47 Å². The highest BCUT2D eigenvalue weighted by Gasteiger charge is 2.20. The molecule has 0 spiro atoms. The van der Waals surface area contributed by atoms with E-state index in [2.05, 4.69) is 40.6 Å². The van der Waals surface area contributed by atoms with Crippen molar-refractivity contribution in [3.05, 3.63) is 95.2 Å². The van der Waals surface area contributed by atoms with Gasteiger partial charge in [0.05, 0.1) is 22.2 Å². The summed E-state index contributed by atoms with van der Waals surface area (Å²) in [5, 5.41) is 16.7. The molecule has 4 aromatic heterocycles. The number of aromatic amines is 1. The number of ether oxygens (including phenoxy) is 2. The van der Waals surface area contributed by atoms with E-state index >= 15 is 0 Å². The lowest BCUT2D eigenvalue weighted by Gasteiger charge is -2.08. The van der Waals surface area contributed by atoms with Gasteiger partial charge in [0.2, 0.25) is 5.16 Å². The van der Waals surface area contributed by atoms with E-state index in [-0.39, 0.29) is 30.3 Å². The predicted octanol–water partition coefficient (Wildman–Crippen LogP) is 4.10. The zero-order valence-electron chi connectivity index (χ0n) is 26.1. The monoisotopic (exact) mass is 676 g/mol. The van der Waals surface area contributed by atoms with Gasteiger partial charge in [-0.1, -0.05) is 10.4 Å². The summed E-state index contributed by atoms with van der Waals surface area (Å²) in [5.41, 5.74) is 4.14. The first-order valence-electron chi connectivity index (χ1n) is 14.6. The number of H-pyrrole nitrogens is 1. The van der Waals surface area contributed by atoms with Crippen LogP contribution in [0.5, 0.6) is 0 Å². The third-order valence-corrected chi connectivity index (χ3v) is 7.31. The number of benzene rings is 2. The normalized spacial score (nSPS) is 11.6. The molecule has 14 nitrogen and oxygen atoms in total. The van der Waals surface area contributed by atoms with Crippen molar-refractivity contribution in [3.63, 3.8) is 0 Å². The van der Waals surface area contributed by atoms with Gasteiger partial charge in [0.25, 0.3) is 0 Å². The first-order chi connectivity index (χ1) is 23.3. The average molecular weight is 677 g/mol. The molecule has 0 saturated carbocycles. The molecule has 1 N–H and O–H groups in total. The zero-order valence-corrected chi connectivity index (χ0v) is 26.9. The molecule has 1 atom stereocenters. The Kier molecular flexibility index (Phi) is 11.3. The lowest BCUT2D eigenvalue weighted by molar-refractivity contribution is 0.0789. The number of halogens is 2. The zero-order chi connectivity index (χ0) is 34.0. The number of nitrogens with zero attached hydrogens (tertiary/aromatic N) is 9. The van der Waals surface area contributed by atoms with Crippen molar-refractivity contribution in [3.8, 4) is 45.3 Å². The molecule has 0 amide bonds. The first-order valence-corrected chi connectivity index (χ1v) is 16.1. The van der Waals surface area contributed by atoms with E-state index in [1.165, 1.54) is 47.6 Å². The number of hydrogen-bond acceptors (Lipinski definition) is 11. The molecule has 0 saturated heterocycles. The summed E-state index contributed by atoms with van der Waals surface area (Å²) in [6, 6.07) is 15.2. The Morgan fingerprint density at radius 3 is 1.79 bits per heavy atom. The van der Waals surface area contributed by atoms with E-state index in [0.717, 1.165) is 0 Å². The van der Waals surface area contributed by atoms with Crippen LogP contribution < -0.4 is 5.69 Å². The van der Waals surface area contributed by atoms with E-state index in [9.17, 15) is 17.8 Å². The van der Waals surface area contributed by atoms with Crippen molar-refractivity contribution >= 4 is 10.8 Å². The molecule has 0 aliphatic heterocycles. The highest BCUT2D eigenvalue weighted by molar-refractivity contribution is 7.84. The van der Waals surface area contributed by atoms with Crippen LogP contribution in [0, 0.1) is 11.6 Å². The molecule has 0 aliphatic carbocycles. The van der Waals surface area contributed by atoms with Crippen LogP contribution in [0.2, 0.25) is 0 Å². The molecule has 17 heteroatoms. The largest absolute Gasteiger partial charge is 0.359 e. The summed E-state index contributed by atoms with van der Waals surface area (Å²) in [4.78, 5) is 26.1. The Labute approximate surface area is 275 Å². The van der Waals surface area contributed by atoms with Gasteiger partial charge in [0.15, 0.2) is 0 Å². The second-order valence-electron chi connectivity index (χ2n) is 9.80. The van der Waals surface area contributed by atoms with Crippen LogP contribution in [0.3, 0.4) is 0 Å². The number of rotatable bonds is 11. The minimum atomic E-state index is -1.32. The van der Waals surface area contributed by atoms with Gasteiger partial charge in [-0.15, -0.1) is 10.2 Å². The summed E-state index contributed by atoms with van der Waals surface area (Å²) in [6.07, 6.45) is 4.45. The average Bonchev–Trinajstić information content (AvgIpc) is 3.72. The molecule has 0 radical (unpaired) electrons. The summed E-state index contributed by atoms with van der Waals surface area (Å²) in [7, 11) is -1.32. The van der Waals surface area contributed by atoms with E-state index in [1.807, 2.05) is 13.8 Å². The molecule has 0 aliphatic rings. The van der Waals surface area contributed by atoms with Crippen LogP contribution in [-0.4, -0.2) is 73.6 Å². The fraction of sp³-hybridized carbons (Fsp3) is 0.226. The number of hydrogen-bond donors (Lipinski definition) is 1. The molecule has 248 valence electrons. The van der Waals surface area contributed by atoms with E-state index in [1.54, 1.807) is 41.1 Å². The fourth-order valence-electron chi connectivity index (χ4n) is 4.40. The van der Waals surface area contributed by atoms with Gasteiger partial charge in [0, 0.05) is 43.0 Å². The smallest absolute Gasteiger partial charge is 0.345 e. The van der Waals surface area contributed by atoms with Crippen molar-refractivity contribution in [2.24, 2.45) is 0 Å². The van der Waals surface area contributed by atoms with Crippen LogP contribution in [0.4, 0.5) is 8.78 Å². The molecule has 6 rings (SSSR count). The van der Waals surface area contributed by atoms with Gasteiger partial charge in [-0.3, -0.25) is 4.21 Å². The molecule has 4 heterocycles. The molecule has 48 heavy (non-hydrogen) atoms. The van der Waals surface area contributed by atoms with Crippen LogP contribution >= 0.6 is 0 Å². The Hall–Kier alpha value is -5.39. The Bertz CT molecular complexity index is 2050. The second-order valence-corrected chi connectivity index (χ2v) is 11.1. The third kappa shape index (κ3) is 8.11. The Morgan fingerprint density at radius 2 is 1.27 bits per heavy atom. The van der Waals surface area contributed by atoms with Crippen LogP contribution in [0.1, 0.15) is 13.8 Å². The second kappa shape index (κ2) is 15.9. The first kappa shape index (κ1) is 34.0. The molecule has 6 aromatic rings. The van der Waals surface area contributed by atoms with Crippen molar-refractivity contribution in [2.75, 3.05) is 19.5 Å². The van der Waals surface area contributed by atoms with Crippen molar-refractivity contribution in [1.29, 1.82) is 0 Å². The standard InChI is InChI=1S/C16H16FN5O2S.C15H14FN5O2/c1-3-24-10-22-15(13-8-9-18-16(19-13)25(2)23)14(20-21-22)11-4-6-12(17)7-5-11;1-2-23-9-21-14(12-7-8-17-15(22)18-12)13(19-20-21)10-3-5-11(16)6-4-10/h4-9H,3,10H2,1-2H3;3-8H,2,9H2,1H3,(H,17,18,22). The maximum absolute atomic E-state index is 13.2. The number of nitrogens with one attached hydrogen (secondary N) is 1. The van der Waals surface area contributed by atoms with Crippen LogP contribution in [-0.2, 0) is 33.7 Å². The van der Waals surface area contributed by atoms with Gasteiger partial charge in [-0.05, 0) is 74.5 Å². The molecular weight excluding hydrogens is 646 g/mol. The summed E-state index contributed by atoms with van der Waals surface area (Å²) in [5.74, 6) is -0.674. The maximum Gasteiger partial charge on any atom is 0.345 e. The van der Waals surface area contributed by atoms with Crippen molar-refractivity contribution in [2.45, 2.75) is 32.5 Å². The lowest BCUT2D eigenvalue weighted by atomic mass is 10.1. The molecule has 0 bridgehead atoms. The van der Waals surface area contributed by atoms with E-state index in [0.29, 0.717) is 58.5 Å². The van der Waals surface area contributed by atoms with Gasteiger partial charge < -0.3 is 14.5 Å². The minimum absolute atomic E-state index is 0.185. The summed E-state index contributed by atoms with van der Waals surface area (Å²) < 4.78 is 52.0. The van der Waals surface area contributed by atoms with Gasteiger partial charge in [0.1, 0.15) is 47.9 Å². The minimum Gasteiger partial charge on any atom is -0.359 e. The highest BCUT2D eigenvalue weighted by atomic mass is 32.2. The predicted molar refractivity (Wildman–Crippen MR) is 171 cm³/mol. The number of aromatic nitrogens is 10. The van der Waals surface area contributed by atoms with E-state index < -0.39 is 16.5 Å². The van der Waals surface area contributed by atoms with Gasteiger partial charge in [-0.25, -0.2) is 37.9 Å². The van der Waals surface area contributed by atoms with Crippen molar-refractivity contribution in [1.82, 2.24) is 49.9 Å². The Balaban J connectivity index is 0.000000188. The maximum atomic E-state index is 13.2. The quantitative estimate of drug-likeness (QED) is 0.196. The molecule has 0 fully saturated rings. The topological polar surface area (TPSA) is 168 Å². The lowest BCUT2D eigenvalue weighted by Crippen LogP contribution is -2.12. The Morgan fingerprint density at radius 1 is 0.750 bits per heavy atom. The SMILES string of the molecule is CCOCn1nnc(-c2ccc(F)cc2)c1-c1ccnc(=O)[nH]1.CCOCn1nnc(-c2ccc(F)cc2)c1-c1ccnc(S(C)=O)n1. The fourth-order valence-corrected chi connectivity index (χ4v) is 4.84. The molecule has 2 aromatic carbocycles. The molecular formula is C31H30F2N10O4S. The third-order valence-electron chi connectivity index (χ3n) is 6.60. The van der Waals surface area contributed by atoms with Crippen LogP contribution in [0.15, 0.2) is 83.0 Å². The van der Waals surface area contributed by atoms with Crippen LogP contribution in [0.25, 0.3) is 45.3 Å². The highest BCUT2D eigenvalue weighted by Crippen LogP contribution is 2.30.